The van der Waals surface area contributed by atoms with Crippen LogP contribution in [0.25, 0.3) is 55.8 Å². The normalized spacial score (nSPS) is 11.7. The van der Waals surface area contributed by atoms with Crippen molar-refractivity contribution >= 4 is 45.2 Å². The number of rotatable bonds is 10. The molecule has 0 atom stereocenters. The van der Waals surface area contributed by atoms with E-state index in [9.17, 15) is 0 Å². The Hall–Kier alpha value is -8.08. The molecule has 1 aromatic heterocycles. The van der Waals surface area contributed by atoms with Gasteiger partial charge in [0, 0.05) is 45.3 Å². The van der Waals surface area contributed by atoms with Crippen molar-refractivity contribution in [1.29, 1.82) is 0 Å². The van der Waals surface area contributed by atoms with Crippen LogP contribution in [-0.2, 0) is 10.8 Å². The maximum Gasteiger partial charge on any atom is 0.0973 e. The first-order chi connectivity index (χ1) is 33.0. The molecule has 332 valence electrons. The molecular formula is C64H56N4. The maximum atomic E-state index is 5.30. The molecule has 10 rings (SSSR count). The third kappa shape index (κ3) is 8.94. The lowest BCUT2D eigenvalue weighted by Gasteiger charge is -2.29. The van der Waals surface area contributed by atoms with Crippen molar-refractivity contribution in [3.63, 3.8) is 0 Å². The van der Waals surface area contributed by atoms with Crippen molar-refractivity contribution in [3.8, 4) is 44.8 Å². The number of hydrogen-bond donors (Lipinski definition) is 0. The van der Waals surface area contributed by atoms with Crippen molar-refractivity contribution in [3.05, 3.63) is 242 Å². The van der Waals surface area contributed by atoms with E-state index in [-0.39, 0.29) is 10.8 Å². The van der Waals surface area contributed by atoms with Crippen LogP contribution in [0.1, 0.15) is 52.7 Å². The van der Waals surface area contributed by atoms with E-state index in [1.807, 2.05) is 24.3 Å². The Labute approximate surface area is 401 Å². The van der Waals surface area contributed by atoms with Gasteiger partial charge in [-0.15, -0.1) is 0 Å². The molecule has 0 aliphatic rings. The molecule has 9 aromatic carbocycles. The summed E-state index contributed by atoms with van der Waals surface area (Å²) in [5, 5.41) is 0. The Balaban J connectivity index is 1.01. The molecule has 0 radical (unpaired) electrons. The molecule has 0 amide bonds. The minimum Gasteiger partial charge on any atom is -0.310 e. The van der Waals surface area contributed by atoms with E-state index in [0.717, 1.165) is 78.8 Å². The van der Waals surface area contributed by atoms with Crippen molar-refractivity contribution in [2.45, 2.75) is 52.4 Å². The lowest BCUT2D eigenvalue weighted by molar-refractivity contribution is 0.592. The van der Waals surface area contributed by atoms with Gasteiger partial charge in [0.25, 0.3) is 0 Å². The molecule has 0 saturated heterocycles. The van der Waals surface area contributed by atoms with Crippen LogP contribution < -0.4 is 9.80 Å². The summed E-state index contributed by atoms with van der Waals surface area (Å²) >= 11 is 0. The fourth-order valence-electron chi connectivity index (χ4n) is 9.31. The van der Waals surface area contributed by atoms with E-state index in [2.05, 4.69) is 258 Å². The van der Waals surface area contributed by atoms with Gasteiger partial charge in [-0.1, -0.05) is 187 Å². The van der Waals surface area contributed by atoms with Crippen molar-refractivity contribution in [1.82, 2.24) is 9.97 Å². The van der Waals surface area contributed by atoms with Gasteiger partial charge in [0.1, 0.15) is 0 Å². The topological polar surface area (TPSA) is 32.3 Å². The van der Waals surface area contributed by atoms with Crippen LogP contribution in [-0.4, -0.2) is 9.97 Å². The summed E-state index contributed by atoms with van der Waals surface area (Å²) in [6, 6.07) is 82.2. The lowest BCUT2D eigenvalue weighted by Crippen LogP contribution is -2.16. The van der Waals surface area contributed by atoms with Gasteiger partial charge < -0.3 is 9.80 Å². The second kappa shape index (κ2) is 18.3. The number of anilines is 6. The van der Waals surface area contributed by atoms with Gasteiger partial charge in [-0.3, -0.25) is 0 Å². The molecule has 4 heteroatoms. The summed E-state index contributed by atoms with van der Waals surface area (Å²) < 4.78 is 0. The number of nitrogens with zero attached hydrogens (tertiary/aromatic N) is 4. The first kappa shape index (κ1) is 43.8. The molecule has 4 nitrogen and oxygen atoms in total. The third-order valence-corrected chi connectivity index (χ3v) is 12.7. The summed E-state index contributed by atoms with van der Waals surface area (Å²) in [6.07, 6.45) is 0. The van der Waals surface area contributed by atoms with Gasteiger partial charge in [0.2, 0.25) is 0 Å². The second-order valence-corrected chi connectivity index (χ2v) is 19.5. The highest BCUT2D eigenvalue weighted by atomic mass is 15.1. The SMILES string of the molecule is CC(C)(C)c1cc(N(c2ccccc2)c2ccccc2)ccc1-c1ccc(-c2nc3ccccc3nc2-c2ccc(-c3ccc(N(c4ccccc4)c4ccccc4)cc3C(C)(C)C)cc2)cc1. The highest BCUT2D eigenvalue weighted by Gasteiger charge is 2.25. The molecule has 68 heavy (non-hydrogen) atoms. The Bertz CT molecular complexity index is 3010. The fourth-order valence-corrected chi connectivity index (χ4v) is 9.31. The number of aromatic nitrogens is 2. The van der Waals surface area contributed by atoms with Crippen LogP contribution in [0, 0.1) is 0 Å². The molecule has 0 bridgehead atoms. The molecule has 0 fully saturated rings. The fraction of sp³-hybridized carbons (Fsp3) is 0.125. The molecule has 0 spiro atoms. The summed E-state index contributed by atoms with van der Waals surface area (Å²) in [5.41, 5.74) is 19.3. The quantitative estimate of drug-likeness (QED) is 0.137. The predicted molar refractivity (Wildman–Crippen MR) is 288 cm³/mol. The molecule has 0 N–H and O–H groups in total. The maximum absolute atomic E-state index is 5.30. The van der Waals surface area contributed by atoms with Crippen LogP contribution in [0.2, 0.25) is 0 Å². The van der Waals surface area contributed by atoms with E-state index < -0.39 is 0 Å². The minimum atomic E-state index is -0.118. The van der Waals surface area contributed by atoms with Crippen LogP contribution in [0.15, 0.2) is 231 Å². The standard InChI is InChI=1S/C64H56N4/c1-63(2,3)57-43-53(67(49-21-11-7-12-22-49)50-23-13-8-14-24-50)39-41-55(57)45-31-35-47(36-32-45)61-62(66-60-30-20-19-29-59(60)65-61)48-37-33-46(34-38-48)56-42-40-54(44-58(56)64(4,5)6)68(51-25-15-9-16-26-51)52-27-17-10-18-28-52/h7-44H,1-6H3. The number of para-hydroxylation sites is 6. The highest BCUT2D eigenvalue weighted by molar-refractivity contribution is 5.88. The molecule has 10 aromatic rings. The Morgan fingerprint density at radius 3 is 0.853 bits per heavy atom. The molecule has 0 unspecified atom stereocenters. The first-order valence-corrected chi connectivity index (χ1v) is 23.6. The van der Waals surface area contributed by atoms with Crippen molar-refractivity contribution in [2.75, 3.05) is 9.80 Å². The van der Waals surface area contributed by atoms with Crippen LogP contribution in [0.5, 0.6) is 0 Å². The molecule has 0 aliphatic carbocycles. The monoisotopic (exact) mass is 880 g/mol. The minimum absolute atomic E-state index is 0.118. The van der Waals surface area contributed by atoms with Crippen LogP contribution in [0.3, 0.4) is 0 Å². The number of fused-ring (bicyclic) bond motifs is 1. The highest BCUT2D eigenvalue weighted by Crippen LogP contribution is 2.44. The van der Waals surface area contributed by atoms with Crippen LogP contribution in [0.4, 0.5) is 34.1 Å². The van der Waals surface area contributed by atoms with Gasteiger partial charge >= 0.3 is 0 Å². The molecule has 0 saturated carbocycles. The van der Waals surface area contributed by atoms with Crippen molar-refractivity contribution < 1.29 is 0 Å². The van der Waals surface area contributed by atoms with E-state index in [1.54, 1.807) is 0 Å². The Morgan fingerprint density at radius 1 is 0.279 bits per heavy atom. The second-order valence-electron chi connectivity index (χ2n) is 19.5. The Kier molecular flexibility index (Phi) is 11.8. The van der Waals surface area contributed by atoms with Gasteiger partial charge in [-0.05, 0) is 129 Å². The average Bonchev–Trinajstić information content (AvgIpc) is 3.37. The smallest absolute Gasteiger partial charge is 0.0973 e. The third-order valence-electron chi connectivity index (χ3n) is 12.7. The van der Waals surface area contributed by atoms with Crippen molar-refractivity contribution in [2.24, 2.45) is 0 Å². The summed E-state index contributed by atoms with van der Waals surface area (Å²) in [6.45, 7) is 13.8. The Morgan fingerprint density at radius 2 is 0.559 bits per heavy atom. The first-order valence-electron chi connectivity index (χ1n) is 23.6. The zero-order valence-electron chi connectivity index (χ0n) is 39.7. The summed E-state index contributed by atoms with van der Waals surface area (Å²) in [5.74, 6) is 0. The molecule has 0 aliphatic heterocycles. The predicted octanol–water partition coefficient (Wildman–Crippen LogP) is 17.8. The van der Waals surface area contributed by atoms with E-state index in [4.69, 9.17) is 9.97 Å². The van der Waals surface area contributed by atoms with Gasteiger partial charge in [-0.2, -0.15) is 0 Å². The van der Waals surface area contributed by atoms with Gasteiger partial charge in [0.15, 0.2) is 0 Å². The van der Waals surface area contributed by atoms with E-state index in [0.29, 0.717) is 0 Å². The van der Waals surface area contributed by atoms with Gasteiger partial charge in [0.05, 0.1) is 22.4 Å². The lowest BCUT2D eigenvalue weighted by atomic mass is 9.81. The molecular weight excluding hydrogens is 825 g/mol. The number of benzene rings is 9. The summed E-state index contributed by atoms with van der Waals surface area (Å²) in [7, 11) is 0. The van der Waals surface area contributed by atoms with Gasteiger partial charge in [-0.25, -0.2) is 9.97 Å². The molecule has 1 heterocycles. The van der Waals surface area contributed by atoms with E-state index in [1.165, 1.54) is 22.3 Å². The average molecular weight is 881 g/mol. The zero-order valence-corrected chi connectivity index (χ0v) is 39.7. The largest absolute Gasteiger partial charge is 0.310 e. The van der Waals surface area contributed by atoms with E-state index >= 15 is 0 Å². The number of hydrogen-bond acceptors (Lipinski definition) is 4. The summed E-state index contributed by atoms with van der Waals surface area (Å²) in [4.78, 5) is 15.3. The zero-order chi connectivity index (χ0) is 46.8. The van der Waals surface area contributed by atoms with Crippen LogP contribution >= 0.6 is 0 Å².